The normalized spacial score (nSPS) is 13.7. The average molecular weight is 305 g/mol. The van der Waals surface area contributed by atoms with Gasteiger partial charge in [-0.2, -0.15) is 0 Å². The number of fused-ring (bicyclic) bond motifs is 1. The van der Waals surface area contributed by atoms with Gasteiger partial charge >= 0.3 is 11.8 Å². The van der Waals surface area contributed by atoms with Crippen molar-refractivity contribution >= 4 is 5.91 Å². The first kappa shape index (κ1) is 13.7. The Hall–Kier alpha value is -2.95. The van der Waals surface area contributed by atoms with E-state index in [-0.39, 0.29) is 11.8 Å². The summed E-state index contributed by atoms with van der Waals surface area (Å²) < 4.78 is 5.56. The van der Waals surface area contributed by atoms with Crippen LogP contribution < -0.4 is 0 Å². The van der Waals surface area contributed by atoms with Crippen molar-refractivity contribution in [2.75, 3.05) is 6.54 Å². The van der Waals surface area contributed by atoms with Crippen LogP contribution in [0.3, 0.4) is 0 Å². The molecule has 5 heteroatoms. The summed E-state index contributed by atoms with van der Waals surface area (Å²) in [5.74, 6) is 0.198. The van der Waals surface area contributed by atoms with E-state index in [1.54, 1.807) is 4.90 Å². The molecule has 0 aliphatic carbocycles. The molecule has 0 fully saturated rings. The number of rotatable bonds is 2. The van der Waals surface area contributed by atoms with Gasteiger partial charge in [0.1, 0.15) is 0 Å². The number of hydrogen-bond acceptors (Lipinski definition) is 4. The van der Waals surface area contributed by atoms with E-state index in [0.29, 0.717) is 19.0 Å². The molecule has 5 nitrogen and oxygen atoms in total. The van der Waals surface area contributed by atoms with Gasteiger partial charge in [-0.15, -0.1) is 10.2 Å². The van der Waals surface area contributed by atoms with Crippen molar-refractivity contribution in [3.8, 4) is 11.5 Å². The van der Waals surface area contributed by atoms with Crippen molar-refractivity contribution in [3.63, 3.8) is 0 Å². The monoisotopic (exact) mass is 305 g/mol. The van der Waals surface area contributed by atoms with E-state index < -0.39 is 0 Å². The average Bonchev–Trinajstić information content (AvgIpc) is 3.11. The van der Waals surface area contributed by atoms with Crippen LogP contribution in [0.2, 0.25) is 0 Å². The zero-order valence-corrected chi connectivity index (χ0v) is 12.5. The Kier molecular flexibility index (Phi) is 3.38. The highest BCUT2D eigenvalue weighted by Crippen LogP contribution is 2.22. The van der Waals surface area contributed by atoms with Gasteiger partial charge in [-0.1, -0.05) is 42.5 Å². The molecule has 2 aromatic carbocycles. The molecule has 0 N–H and O–H groups in total. The lowest BCUT2D eigenvalue weighted by atomic mass is 10.00. The van der Waals surface area contributed by atoms with Crippen molar-refractivity contribution in [1.29, 1.82) is 0 Å². The predicted molar refractivity (Wildman–Crippen MR) is 84.6 cm³/mol. The van der Waals surface area contributed by atoms with Crippen LogP contribution in [0.1, 0.15) is 21.8 Å². The third kappa shape index (κ3) is 2.61. The zero-order valence-electron chi connectivity index (χ0n) is 12.5. The van der Waals surface area contributed by atoms with Crippen LogP contribution in [0, 0.1) is 0 Å². The Labute approximate surface area is 133 Å². The molecular formula is C18H15N3O2. The number of hydrogen-bond donors (Lipinski definition) is 0. The Bertz CT molecular complexity index is 842. The fourth-order valence-electron chi connectivity index (χ4n) is 2.81. The first-order valence-electron chi connectivity index (χ1n) is 7.56. The molecular weight excluding hydrogens is 290 g/mol. The molecule has 0 saturated carbocycles. The largest absolute Gasteiger partial charge is 0.412 e. The molecule has 0 bridgehead atoms. The summed E-state index contributed by atoms with van der Waals surface area (Å²) in [6.07, 6.45) is 0.849. The van der Waals surface area contributed by atoms with E-state index in [9.17, 15) is 4.79 Å². The van der Waals surface area contributed by atoms with Gasteiger partial charge in [-0.3, -0.25) is 4.79 Å². The summed E-state index contributed by atoms with van der Waals surface area (Å²) in [5, 5.41) is 7.90. The molecule has 114 valence electrons. The third-order valence-corrected chi connectivity index (χ3v) is 4.05. The zero-order chi connectivity index (χ0) is 15.6. The molecule has 1 aromatic heterocycles. The summed E-state index contributed by atoms with van der Waals surface area (Å²) in [5.41, 5.74) is 3.28. The Balaban J connectivity index is 1.55. The first-order valence-corrected chi connectivity index (χ1v) is 7.56. The van der Waals surface area contributed by atoms with Crippen LogP contribution in [0.15, 0.2) is 59.0 Å². The lowest BCUT2D eigenvalue weighted by Gasteiger charge is -2.27. The van der Waals surface area contributed by atoms with E-state index in [1.165, 1.54) is 11.1 Å². The van der Waals surface area contributed by atoms with Crippen LogP contribution in [0.4, 0.5) is 0 Å². The summed E-state index contributed by atoms with van der Waals surface area (Å²) in [6, 6.07) is 17.6. The third-order valence-electron chi connectivity index (χ3n) is 4.05. The Morgan fingerprint density at radius 3 is 2.52 bits per heavy atom. The van der Waals surface area contributed by atoms with E-state index in [0.717, 1.165) is 12.0 Å². The van der Waals surface area contributed by atoms with Crippen LogP contribution >= 0.6 is 0 Å². The minimum absolute atomic E-state index is 0.0447. The van der Waals surface area contributed by atoms with Gasteiger partial charge in [0.05, 0.1) is 0 Å². The maximum Gasteiger partial charge on any atom is 0.311 e. The molecule has 1 amide bonds. The molecule has 0 saturated heterocycles. The van der Waals surface area contributed by atoms with Crippen LogP contribution in [-0.2, 0) is 13.0 Å². The minimum Gasteiger partial charge on any atom is -0.412 e. The number of carbonyl (C=O) groups is 1. The van der Waals surface area contributed by atoms with Gasteiger partial charge in [0.2, 0.25) is 5.89 Å². The van der Waals surface area contributed by atoms with E-state index in [1.807, 2.05) is 42.5 Å². The highest BCUT2D eigenvalue weighted by Gasteiger charge is 2.25. The van der Waals surface area contributed by atoms with Crippen molar-refractivity contribution < 1.29 is 9.21 Å². The number of benzene rings is 2. The molecule has 2 heterocycles. The molecule has 0 atom stereocenters. The van der Waals surface area contributed by atoms with Gasteiger partial charge in [-0.25, -0.2) is 0 Å². The lowest BCUT2D eigenvalue weighted by Crippen LogP contribution is -2.36. The number of carbonyl (C=O) groups excluding carboxylic acids is 1. The van der Waals surface area contributed by atoms with Gasteiger partial charge in [0.15, 0.2) is 0 Å². The molecule has 4 rings (SSSR count). The number of nitrogens with zero attached hydrogens (tertiary/aromatic N) is 3. The predicted octanol–water partition coefficient (Wildman–Crippen LogP) is 2.94. The summed E-state index contributed by atoms with van der Waals surface area (Å²) in [6.45, 7) is 1.25. The molecule has 23 heavy (non-hydrogen) atoms. The summed E-state index contributed by atoms with van der Waals surface area (Å²) >= 11 is 0. The van der Waals surface area contributed by atoms with Gasteiger partial charge in [0, 0.05) is 18.7 Å². The van der Waals surface area contributed by atoms with Crippen LogP contribution in [-0.4, -0.2) is 27.5 Å². The highest BCUT2D eigenvalue weighted by molar-refractivity contribution is 5.90. The van der Waals surface area contributed by atoms with Crippen LogP contribution in [0.5, 0.6) is 0 Å². The second-order valence-electron chi connectivity index (χ2n) is 5.52. The van der Waals surface area contributed by atoms with Crippen molar-refractivity contribution in [1.82, 2.24) is 15.1 Å². The first-order chi connectivity index (χ1) is 11.3. The van der Waals surface area contributed by atoms with E-state index in [2.05, 4.69) is 22.3 Å². The SMILES string of the molecule is O=C(c1nnc(-c2ccccc2)o1)N1CCc2ccccc2C1. The molecule has 0 spiro atoms. The van der Waals surface area contributed by atoms with E-state index in [4.69, 9.17) is 4.42 Å². The molecule has 0 radical (unpaired) electrons. The fraction of sp³-hybridized carbons (Fsp3) is 0.167. The molecule has 3 aromatic rings. The highest BCUT2D eigenvalue weighted by atomic mass is 16.4. The topological polar surface area (TPSA) is 59.2 Å². The number of aromatic nitrogens is 2. The van der Waals surface area contributed by atoms with Crippen molar-refractivity contribution in [2.24, 2.45) is 0 Å². The molecule has 1 aliphatic rings. The lowest BCUT2D eigenvalue weighted by molar-refractivity contribution is 0.0695. The van der Waals surface area contributed by atoms with Crippen molar-refractivity contribution in [2.45, 2.75) is 13.0 Å². The van der Waals surface area contributed by atoms with Crippen LogP contribution in [0.25, 0.3) is 11.5 Å². The Morgan fingerprint density at radius 2 is 1.70 bits per heavy atom. The fourth-order valence-corrected chi connectivity index (χ4v) is 2.81. The maximum atomic E-state index is 12.6. The minimum atomic E-state index is -0.214. The van der Waals surface area contributed by atoms with Gasteiger partial charge in [-0.05, 0) is 29.7 Å². The quantitative estimate of drug-likeness (QED) is 0.730. The summed E-state index contributed by atoms with van der Waals surface area (Å²) in [4.78, 5) is 14.3. The second kappa shape index (κ2) is 5.68. The number of amides is 1. The van der Waals surface area contributed by atoms with E-state index >= 15 is 0 Å². The standard InChI is InChI=1S/C18H15N3O2/c22-18(21-11-10-13-6-4-5-9-15(13)12-21)17-20-19-16(23-17)14-7-2-1-3-8-14/h1-9H,10-12H2. The van der Waals surface area contributed by atoms with Gasteiger partial charge < -0.3 is 9.32 Å². The smallest absolute Gasteiger partial charge is 0.311 e. The molecule has 0 unspecified atom stereocenters. The maximum absolute atomic E-state index is 12.6. The van der Waals surface area contributed by atoms with Gasteiger partial charge in [0.25, 0.3) is 0 Å². The second-order valence-corrected chi connectivity index (χ2v) is 5.52. The molecule has 1 aliphatic heterocycles. The Morgan fingerprint density at radius 1 is 0.957 bits per heavy atom. The summed E-state index contributed by atoms with van der Waals surface area (Å²) in [7, 11) is 0. The van der Waals surface area contributed by atoms with Crippen molar-refractivity contribution in [3.05, 3.63) is 71.6 Å².